The molecule has 148 valence electrons. The zero-order chi connectivity index (χ0) is 20.2. The van der Waals surface area contributed by atoms with Crippen molar-refractivity contribution in [1.29, 1.82) is 0 Å². The van der Waals surface area contributed by atoms with Crippen LogP contribution in [0.25, 0.3) is 11.3 Å². The summed E-state index contributed by atoms with van der Waals surface area (Å²) in [5, 5.41) is 26.2. The van der Waals surface area contributed by atoms with E-state index in [4.69, 9.17) is 9.26 Å². The fourth-order valence-electron chi connectivity index (χ4n) is 2.73. The van der Waals surface area contributed by atoms with Crippen LogP contribution in [-0.4, -0.2) is 40.1 Å². The monoisotopic (exact) mass is 380 g/mol. The summed E-state index contributed by atoms with van der Waals surface area (Å²) in [7, 11) is 1.32. The number of benzene rings is 1. The van der Waals surface area contributed by atoms with E-state index in [9.17, 15) is 19.4 Å². The molecule has 1 atom stereocenters. The molecular weight excluding hydrogens is 355 g/mol. The standard InChI is InChI=1S/C19H25FN2O5/c1-11(6-5-9-19(2,3)25)21-17-15(18(23)24)16(27-22-17)12-7-8-13(20)14(10-12)26-4/h7-8,10-11,25H,5-6,9H2,1-4H3,(H,21,22)(H,23,24). The number of hydrogen-bond acceptors (Lipinski definition) is 6. The van der Waals surface area contributed by atoms with Crippen molar-refractivity contribution in [2.75, 3.05) is 12.4 Å². The molecule has 1 unspecified atom stereocenters. The molecule has 0 radical (unpaired) electrons. The van der Waals surface area contributed by atoms with Gasteiger partial charge in [0.25, 0.3) is 0 Å². The molecule has 2 aromatic rings. The molecule has 0 saturated carbocycles. The number of carboxylic acids is 1. The number of hydrogen-bond donors (Lipinski definition) is 3. The predicted molar refractivity (Wildman–Crippen MR) is 98.6 cm³/mol. The van der Waals surface area contributed by atoms with E-state index >= 15 is 0 Å². The molecule has 7 nitrogen and oxygen atoms in total. The van der Waals surface area contributed by atoms with E-state index in [0.29, 0.717) is 12.0 Å². The molecule has 0 bridgehead atoms. The van der Waals surface area contributed by atoms with Gasteiger partial charge in [-0.3, -0.25) is 0 Å². The van der Waals surface area contributed by atoms with Crippen molar-refractivity contribution in [2.45, 2.75) is 51.7 Å². The Hall–Kier alpha value is -2.61. The third kappa shape index (κ3) is 5.43. The highest BCUT2D eigenvalue weighted by atomic mass is 19.1. The fraction of sp³-hybridized carbons (Fsp3) is 0.474. The van der Waals surface area contributed by atoms with Crippen molar-refractivity contribution in [1.82, 2.24) is 5.16 Å². The van der Waals surface area contributed by atoms with Crippen molar-refractivity contribution in [2.24, 2.45) is 0 Å². The molecule has 27 heavy (non-hydrogen) atoms. The summed E-state index contributed by atoms with van der Waals surface area (Å²) in [5.41, 5.74) is -0.520. The van der Waals surface area contributed by atoms with Gasteiger partial charge in [-0.15, -0.1) is 0 Å². The lowest BCUT2D eigenvalue weighted by molar-refractivity contribution is 0.0677. The van der Waals surface area contributed by atoms with Gasteiger partial charge in [-0.25, -0.2) is 9.18 Å². The zero-order valence-corrected chi connectivity index (χ0v) is 15.9. The van der Waals surface area contributed by atoms with Gasteiger partial charge < -0.3 is 24.8 Å². The van der Waals surface area contributed by atoms with Crippen molar-refractivity contribution < 1.29 is 28.7 Å². The highest BCUT2D eigenvalue weighted by molar-refractivity contribution is 5.99. The molecule has 3 N–H and O–H groups in total. The van der Waals surface area contributed by atoms with Crippen LogP contribution < -0.4 is 10.1 Å². The Kier molecular flexibility index (Phi) is 6.43. The maximum Gasteiger partial charge on any atom is 0.343 e. The first-order valence-electron chi connectivity index (χ1n) is 8.68. The summed E-state index contributed by atoms with van der Waals surface area (Å²) in [6.07, 6.45) is 2.11. The number of rotatable bonds is 9. The maximum absolute atomic E-state index is 13.6. The first-order chi connectivity index (χ1) is 12.6. The zero-order valence-electron chi connectivity index (χ0n) is 15.9. The summed E-state index contributed by atoms with van der Waals surface area (Å²) in [6, 6.07) is 3.86. The average molecular weight is 380 g/mol. The van der Waals surface area contributed by atoms with Crippen molar-refractivity contribution >= 4 is 11.8 Å². The van der Waals surface area contributed by atoms with Crippen LogP contribution in [-0.2, 0) is 0 Å². The van der Waals surface area contributed by atoms with Gasteiger partial charge in [0.1, 0.15) is 0 Å². The number of aromatic carboxylic acids is 1. The molecule has 0 amide bonds. The molecule has 0 fully saturated rings. The lowest BCUT2D eigenvalue weighted by Crippen LogP contribution is -2.21. The van der Waals surface area contributed by atoms with Crippen LogP contribution in [0.5, 0.6) is 5.75 Å². The normalized spacial score (nSPS) is 12.7. The van der Waals surface area contributed by atoms with Gasteiger partial charge in [0.2, 0.25) is 0 Å². The lowest BCUT2D eigenvalue weighted by Gasteiger charge is -2.19. The van der Waals surface area contributed by atoms with E-state index in [2.05, 4.69) is 10.5 Å². The summed E-state index contributed by atoms with van der Waals surface area (Å²) in [4.78, 5) is 11.7. The Bertz CT molecular complexity index is 798. The van der Waals surface area contributed by atoms with Gasteiger partial charge >= 0.3 is 5.97 Å². The summed E-state index contributed by atoms with van der Waals surface area (Å²) in [6.45, 7) is 5.38. The molecule has 0 aliphatic carbocycles. The first-order valence-corrected chi connectivity index (χ1v) is 8.68. The Morgan fingerprint density at radius 3 is 2.74 bits per heavy atom. The minimum atomic E-state index is -1.21. The van der Waals surface area contributed by atoms with Crippen LogP contribution in [0.4, 0.5) is 10.2 Å². The number of carboxylic acid groups (broad SMARTS) is 1. The number of anilines is 1. The Morgan fingerprint density at radius 1 is 1.44 bits per heavy atom. The molecule has 0 aliphatic heterocycles. The largest absolute Gasteiger partial charge is 0.494 e. The molecule has 1 aromatic carbocycles. The fourth-order valence-corrected chi connectivity index (χ4v) is 2.73. The van der Waals surface area contributed by atoms with Crippen LogP contribution in [0.1, 0.15) is 50.4 Å². The Labute approximate surface area is 157 Å². The van der Waals surface area contributed by atoms with E-state index < -0.39 is 17.4 Å². The molecule has 0 saturated heterocycles. The molecule has 1 aromatic heterocycles. The van der Waals surface area contributed by atoms with Crippen LogP contribution in [0.15, 0.2) is 22.7 Å². The number of aromatic nitrogens is 1. The highest BCUT2D eigenvalue weighted by Crippen LogP contribution is 2.33. The Balaban J connectivity index is 2.21. The van der Waals surface area contributed by atoms with Crippen LogP contribution in [0.2, 0.25) is 0 Å². The average Bonchev–Trinajstić information content (AvgIpc) is 2.97. The summed E-state index contributed by atoms with van der Waals surface area (Å²) < 4.78 is 23.8. The summed E-state index contributed by atoms with van der Waals surface area (Å²) in [5.74, 6) is -1.66. The van der Waals surface area contributed by atoms with E-state index in [1.807, 2.05) is 6.92 Å². The number of carbonyl (C=O) groups is 1. The third-order valence-electron chi connectivity index (χ3n) is 4.13. The quantitative estimate of drug-likeness (QED) is 0.605. The molecule has 8 heteroatoms. The van der Waals surface area contributed by atoms with E-state index in [0.717, 1.165) is 12.8 Å². The number of halogens is 1. The van der Waals surface area contributed by atoms with Crippen molar-refractivity contribution in [3.8, 4) is 17.1 Å². The van der Waals surface area contributed by atoms with Gasteiger partial charge in [0.15, 0.2) is 28.7 Å². The SMILES string of the molecule is COc1cc(-c2onc(NC(C)CCCC(C)(C)O)c2C(=O)O)ccc1F. The Morgan fingerprint density at radius 2 is 2.15 bits per heavy atom. The predicted octanol–water partition coefficient (Wildman–Crippen LogP) is 3.93. The molecule has 0 spiro atoms. The van der Waals surface area contributed by atoms with Crippen LogP contribution in [0.3, 0.4) is 0 Å². The second kappa shape index (κ2) is 8.39. The number of ether oxygens (including phenoxy) is 1. The number of aliphatic hydroxyl groups is 1. The lowest BCUT2D eigenvalue weighted by atomic mass is 9.99. The second-order valence-electron chi connectivity index (χ2n) is 7.14. The number of nitrogens with one attached hydrogen (secondary N) is 1. The van der Waals surface area contributed by atoms with Gasteiger partial charge in [-0.2, -0.15) is 0 Å². The van der Waals surface area contributed by atoms with Crippen molar-refractivity contribution in [3.05, 3.63) is 29.6 Å². The molecular formula is C19H25FN2O5. The topological polar surface area (TPSA) is 105 Å². The minimum Gasteiger partial charge on any atom is -0.494 e. The maximum atomic E-state index is 13.6. The van der Waals surface area contributed by atoms with Gasteiger partial charge in [0, 0.05) is 11.6 Å². The molecule has 0 aliphatic rings. The molecule has 2 rings (SSSR count). The van der Waals surface area contributed by atoms with Gasteiger partial charge in [0.05, 0.1) is 12.7 Å². The minimum absolute atomic E-state index is 0.0188. The smallest absolute Gasteiger partial charge is 0.343 e. The number of methoxy groups -OCH3 is 1. The van der Waals surface area contributed by atoms with Crippen LogP contribution >= 0.6 is 0 Å². The van der Waals surface area contributed by atoms with E-state index in [1.165, 1.54) is 25.3 Å². The second-order valence-corrected chi connectivity index (χ2v) is 7.14. The van der Waals surface area contributed by atoms with Gasteiger partial charge in [-0.1, -0.05) is 5.16 Å². The summed E-state index contributed by atoms with van der Waals surface area (Å²) >= 11 is 0. The van der Waals surface area contributed by atoms with Gasteiger partial charge in [-0.05, 0) is 58.2 Å². The number of nitrogens with zero attached hydrogens (tertiary/aromatic N) is 1. The third-order valence-corrected chi connectivity index (χ3v) is 4.13. The first kappa shape index (κ1) is 20.7. The van der Waals surface area contributed by atoms with E-state index in [1.54, 1.807) is 13.8 Å². The van der Waals surface area contributed by atoms with Crippen LogP contribution in [0, 0.1) is 5.82 Å². The molecule has 1 heterocycles. The van der Waals surface area contributed by atoms with E-state index in [-0.39, 0.29) is 28.9 Å². The van der Waals surface area contributed by atoms with Crippen molar-refractivity contribution in [3.63, 3.8) is 0 Å². The highest BCUT2D eigenvalue weighted by Gasteiger charge is 2.25.